The Morgan fingerprint density at radius 1 is 1.24 bits per heavy atom. The molecular weight excluding hydrogens is 464 g/mol. The number of rotatable bonds is 6. The van der Waals surface area contributed by atoms with Crippen molar-refractivity contribution < 1.29 is 14.3 Å². The highest BCUT2D eigenvalue weighted by molar-refractivity contribution is 7.15. The molecule has 1 aliphatic heterocycles. The molecule has 11 heteroatoms. The van der Waals surface area contributed by atoms with Crippen LogP contribution in [0.2, 0.25) is 5.02 Å². The Bertz CT molecular complexity index is 1150. The molecule has 0 radical (unpaired) electrons. The van der Waals surface area contributed by atoms with Gasteiger partial charge in [0.25, 0.3) is 5.91 Å². The van der Waals surface area contributed by atoms with Crippen molar-refractivity contribution in [2.24, 2.45) is 5.92 Å². The highest BCUT2D eigenvalue weighted by atomic mass is 35.5. The van der Waals surface area contributed by atoms with Crippen LogP contribution in [-0.4, -0.2) is 57.1 Å². The molecule has 1 aliphatic rings. The third-order valence-electron chi connectivity index (χ3n) is 5.60. The standard InChI is InChI=1S/C22H25ClN6O3S/c1-12(2)18-11-25-22(33-18)26-20(30)13-4-6-29(7-5-13)21(31)17-9-16(27-28-17)14-8-19(32-3)24-10-15(14)23/h8-13H,4-7H2,1-3H3,(H,27,28)(H,25,26,30). The van der Waals surface area contributed by atoms with E-state index in [1.54, 1.807) is 23.2 Å². The van der Waals surface area contributed by atoms with Crippen LogP contribution >= 0.6 is 22.9 Å². The Kier molecular flexibility index (Phi) is 6.94. The lowest BCUT2D eigenvalue weighted by Crippen LogP contribution is -2.41. The number of piperidine rings is 1. The lowest BCUT2D eigenvalue weighted by Gasteiger charge is -2.30. The van der Waals surface area contributed by atoms with Crippen LogP contribution < -0.4 is 10.1 Å². The van der Waals surface area contributed by atoms with Crippen LogP contribution in [0.25, 0.3) is 11.3 Å². The first-order chi connectivity index (χ1) is 15.9. The van der Waals surface area contributed by atoms with E-state index in [2.05, 4.69) is 39.3 Å². The SMILES string of the molecule is COc1cc(-c2cc(C(=O)N3CCC(C(=O)Nc4ncc(C(C)C)s4)CC3)[nH]n2)c(Cl)cn1. The van der Waals surface area contributed by atoms with Crippen molar-refractivity contribution in [3.05, 3.63) is 40.1 Å². The Morgan fingerprint density at radius 3 is 2.67 bits per heavy atom. The van der Waals surface area contributed by atoms with Gasteiger partial charge in [0.05, 0.1) is 24.0 Å². The third-order valence-corrected chi connectivity index (χ3v) is 7.11. The predicted octanol–water partition coefficient (Wildman–Crippen LogP) is 4.20. The number of thiazole rings is 1. The number of pyridine rings is 1. The Labute approximate surface area is 200 Å². The summed E-state index contributed by atoms with van der Waals surface area (Å²) in [6.45, 7) is 5.17. The quantitative estimate of drug-likeness (QED) is 0.537. The van der Waals surface area contributed by atoms with E-state index in [1.165, 1.54) is 24.6 Å². The molecular formula is C22H25ClN6O3S. The van der Waals surface area contributed by atoms with Gasteiger partial charge >= 0.3 is 0 Å². The molecule has 0 atom stereocenters. The second-order valence-electron chi connectivity index (χ2n) is 8.15. The number of aromatic nitrogens is 4. The normalized spacial score (nSPS) is 14.5. The minimum absolute atomic E-state index is 0.0446. The van der Waals surface area contributed by atoms with Crippen molar-refractivity contribution in [3.8, 4) is 17.1 Å². The second kappa shape index (κ2) is 9.88. The van der Waals surface area contributed by atoms with Gasteiger partial charge in [0.1, 0.15) is 5.69 Å². The summed E-state index contributed by atoms with van der Waals surface area (Å²) in [5.41, 5.74) is 1.52. The molecule has 33 heavy (non-hydrogen) atoms. The molecule has 0 aromatic carbocycles. The van der Waals surface area contributed by atoms with Crippen molar-refractivity contribution in [1.82, 2.24) is 25.1 Å². The number of likely N-dealkylation sites (tertiary alicyclic amines) is 1. The fourth-order valence-corrected chi connectivity index (χ4v) is 4.65. The monoisotopic (exact) mass is 488 g/mol. The average molecular weight is 489 g/mol. The third kappa shape index (κ3) is 5.17. The van der Waals surface area contributed by atoms with Crippen LogP contribution in [0.1, 0.15) is 48.0 Å². The number of hydrogen-bond donors (Lipinski definition) is 2. The van der Waals surface area contributed by atoms with E-state index >= 15 is 0 Å². The maximum absolute atomic E-state index is 13.0. The summed E-state index contributed by atoms with van der Waals surface area (Å²) in [6, 6.07) is 3.33. The van der Waals surface area contributed by atoms with Gasteiger partial charge in [0.15, 0.2) is 5.13 Å². The van der Waals surface area contributed by atoms with Gasteiger partial charge in [-0.3, -0.25) is 14.7 Å². The molecule has 1 fully saturated rings. The molecule has 3 aromatic rings. The zero-order chi connectivity index (χ0) is 23.5. The summed E-state index contributed by atoms with van der Waals surface area (Å²) < 4.78 is 5.14. The first-order valence-electron chi connectivity index (χ1n) is 10.7. The number of aromatic amines is 1. The van der Waals surface area contributed by atoms with E-state index in [0.717, 1.165) is 4.88 Å². The van der Waals surface area contributed by atoms with Gasteiger partial charge in [-0.05, 0) is 24.8 Å². The van der Waals surface area contributed by atoms with Crippen molar-refractivity contribution in [2.75, 3.05) is 25.5 Å². The molecule has 174 valence electrons. The van der Waals surface area contributed by atoms with Crippen molar-refractivity contribution >= 4 is 39.9 Å². The molecule has 0 unspecified atom stereocenters. The number of carbonyl (C=O) groups excluding carboxylic acids is 2. The molecule has 0 bridgehead atoms. The van der Waals surface area contributed by atoms with Crippen LogP contribution in [0.5, 0.6) is 5.88 Å². The lowest BCUT2D eigenvalue weighted by molar-refractivity contribution is -0.121. The number of methoxy groups -OCH3 is 1. The fourth-order valence-electron chi connectivity index (χ4n) is 3.63. The molecule has 2 N–H and O–H groups in total. The first-order valence-corrected chi connectivity index (χ1v) is 11.9. The van der Waals surface area contributed by atoms with E-state index < -0.39 is 0 Å². The minimum atomic E-state index is -0.161. The summed E-state index contributed by atoms with van der Waals surface area (Å²) in [7, 11) is 1.52. The maximum Gasteiger partial charge on any atom is 0.271 e. The number of H-pyrrole nitrogens is 1. The number of hydrogen-bond acceptors (Lipinski definition) is 7. The van der Waals surface area contributed by atoms with E-state index in [9.17, 15) is 9.59 Å². The molecule has 4 heterocycles. The smallest absolute Gasteiger partial charge is 0.271 e. The number of ether oxygens (including phenoxy) is 1. The summed E-state index contributed by atoms with van der Waals surface area (Å²) in [5.74, 6) is 0.426. The fraction of sp³-hybridized carbons (Fsp3) is 0.409. The van der Waals surface area contributed by atoms with E-state index in [1.807, 2.05) is 0 Å². The van der Waals surface area contributed by atoms with E-state index in [0.29, 0.717) is 64.8 Å². The van der Waals surface area contributed by atoms with Crippen molar-refractivity contribution in [2.45, 2.75) is 32.6 Å². The second-order valence-corrected chi connectivity index (χ2v) is 9.62. The molecule has 0 spiro atoms. The van der Waals surface area contributed by atoms with Crippen molar-refractivity contribution in [3.63, 3.8) is 0 Å². The molecule has 9 nitrogen and oxygen atoms in total. The average Bonchev–Trinajstić information content (AvgIpc) is 3.49. The zero-order valence-corrected chi connectivity index (χ0v) is 20.2. The van der Waals surface area contributed by atoms with Crippen LogP contribution in [0.4, 0.5) is 5.13 Å². The van der Waals surface area contributed by atoms with E-state index in [-0.39, 0.29) is 17.7 Å². The number of nitrogens with zero attached hydrogens (tertiary/aromatic N) is 4. The highest BCUT2D eigenvalue weighted by Crippen LogP contribution is 2.30. The maximum atomic E-state index is 13.0. The largest absolute Gasteiger partial charge is 0.481 e. The molecule has 3 aromatic heterocycles. The van der Waals surface area contributed by atoms with E-state index in [4.69, 9.17) is 16.3 Å². The van der Waals surface area contributed by atoms with Gasteiger partial charge in [0.2, 0.25) is 11.8 Å². The summed E-state index contributed by atoms with van der Waals surface area (Å²) >= 11 is 7.74. The predicted molar refractivity (Wildman–Crippen MR) is 127 cm³/mol. The van der Waals surface area contributed by atoms with Gasteiger partial charge in [0, 0.05) is 41.7 Å². The topological polar surface area (TPSA) is 113 Å². The van der Waals surface area contributed by atoms with Crippen LogP contribution in [0.3, 0.4) is 0 Å². The summed E-state index contributed by atoms with van der Waals surface area (Å²) in [4.78, 5) is 36.8. The first kappa shape index (κ1) is 23.2. The van der Waals surface area contributed by atoms with Gasteiger partial charge in [-0.15, -0.1) is 11.3 Å². The molecule has 2 amide bonds. The Morgan fingerprint density at radius 2 is 2.00 bits per heavy atom. The zero-order valence-electron chi connectivity index (χ0n) is 18.6. The lowest BCUT2D eigenvalue weighted by atomic mass is 9.96. The molecule has 4 rings (SSSR count). The Balaban J connectivity index is 1.35. The summed E-state index contributed by atoms with van der Waals surface area (Å²) in [5, 5.41) is 11.0. The summed E-state index contributed by atoms with van der Waals surface area (Å²) in [6.07, 6.45) is 4.47. The minimum Gasteiger partial charge on any atom is -0.481 e. The van der Waals surface area contributed by atoms with Gasteiger partial charge in [-0.1, -0.05) is 25.4 Å². The van der Waals surface area contributed by atoms with Crippen molar-refractivity contribution in [1.29, 1.82) is 0 Å². The van der Waals surface area contributed by atoms with Gasteiger partial charge in [-0.25, -0.2) is 9.97 Å². The molecule has 0 aliphatic carbocycles. The highest BCUT2D eigenvalue weighted by Gasteiger charge is 2.29. The van der Waals surface area contributed by atoms with Crippen LogP contribution in [-0.2, 0) is 4.79 Å². The van der Waals surface area contributed by atoms with Crippen LogP contribution in [0.15, 0.2) is 24.5 Å². The van der Waals surface area contributed by atoms with Crippen LogP contribution in [0, 0.1) is 5.92 Å². The number of amides is 2. The number of anilines is 1. The van der Waals surface area contributed by atoms with Gasteiger partial charge in [-0.2, -0.15) is 5.10 Å². The molecule has 1 saturated heterocycles. The number of carbonyl (C=O) groups is 2. The van der Waals surface area contributed by atoms with Gasteiger partial charge < -0.3 is 15.0 Å². The number of nitrogens with one attached hydrogen (secondary N) is 2. The molecule has 0 saturated carbocycles. The number of halogens is 1. The Hall–Kier alpha value is -2.98.